The molecule has 1 aliphatic carbocycles. The molecule has 0 radical (unpaired) electrons. The van der Waals surface area contributed by atoms with Crippen LogP contribution in [-0.4, -0.2) is 54.5 Å². The number of piperidine rings is 1. The maximum atomic E-state index is 13.1. The molecule has 1 aromatic carbocycles. The van der Waals surface area contributed by atoms with Crippen molar-refractivity contribution in [1.82, 2.24) is 15.5 Å². The van der Waals surface area contributed by atoms with E-state index in [1.165, 1.54) is 0 Å². The molecular weight excluding hydrogens is 358 g/mol. The van der Waals surface area contributed by atoms with Gasteiger partial charge in [-0.05, 0) is 50.3 Å². The lowest BCUT2D eigenvalue weighted by Gasteiger charge is -2.36. The number of carbonyl (C=O) groups is 3. The molecule has 1 heterocycles. The molecule has 3 rings (SSSR count). The number of urea groups is 1. The Kier molecular flexibility index (Phi) is 6.86. The molecule has 0 aromatic heterocycles. The largest absolute Gasteiger partial charge is 0.354 e. The lowest BCUT2D eigenvalue weighted by Crippen LogP contribution is -2.49. The van der Waals surface area contributed by atoms with Gasteiger partial charge < -0.3 is 26.6 Å². The number of amides is 4. The molecule has 1 saturated carbocycles. The average molecular weight is 387 g/mol. The number of rotatable bonds is 7. The summed E-state index contributed by atoms with van der Waals surface area (Å²) in [6, 6.07) is 6.99. The second kappa shape index (κ2) is 9.54. The van der Waals surface area contributed by atoms with Gasteiger partial charge in [-0.2, -0.15) is 0 Å². The molecular formula is C20H29N5O3. The van der Waals surface area contributed by atoms with Gasteiger partial charge in [-0.1, -0.05) is 6.07 Å². The Labute approximate surface area is 165 Å². The van der Waals surface area contributed by atoms with Crippen LogP contribution in [0.4, 0.5) is 10.5 Å². The van der Waals surface area contributed by atoms with Gasteiger partial charge in [-0.15, -0.1) is 0 Å². The quantitative estimate of drug-likeness (QED) is 0.566. The molecule has 2 fully saturated rings. The van der Waals surface area contributed by atoms with Gasteiger partial charge in [0, 0.05) is 49.4 Å². The SMILES string of the molecule is NCCC(=O)NCC1CCCCN1C(=O)c1cccc(NC(=O)NC2CC2)c1. The van der Waals surface area contributed by atoms with E-state index in [4.69, 9.17) is 5.73 Å². The lowest BCUT2D eigenvalue weighted by atomic mass is 10.0. The topological polar surface area (TPSA) is 117 Å². The summed E-state index contributed by atoms with van der Waals surface area (Å²) in [5, 5.41) is 8.52. The fourth-order valence-electron chi connectivity index (χ4n) is 3.41. The van der Waals surface area contributed by atoms with Gasteiger partial charge in [-0.25, -0.2) is 4.79 Å². The highest BCUT2D eigenvalue weighted by Gasteiger charge is 2.28. The number of anilines is 1. The normalized spacial score (nSPS) is 19.0. The summed E-state index contributed by atoms with van der Waals surface area (Å²) >= 11 is 0. The van der Waals surface area contributed by atoms with Crippen molar-refractivity contribution in [3.05, 3.63) is 29.8 Å². The van der Waals surface area contributed by atoms with Crippen LogP contribution in [0.25, 0.3) is 0 Å². The molecule has 4 amide bonds. The van der Waals surface area contributed by atoms with Crippen LogP contribution in [0.5, 0.6) is 0 Å². The van der Waals surface area contributed by atoms with Gasteiger partial charge in [0.15, 0.2) is 0 Å². The molecule has 1 aromatic rings. The highest BCUT2D eigenvalue weighted by molar-refractivity contribution is 5.97. The highest BCUT2D eigenvalue weighted by atomic mass is 16.2. The summed E-state index contributed by atoms with van der Waals surface area (Å²) in [5.41, 5.74) is 6.53. The first-order valence-corrected chi connectivity index (χ1v) is 10.0. The third-order valence-corrected chi connectivity index (χ3v) is 5.07. The van der Waals surface area contributed by atoms with Crippen LogP contribution in [0.3, 0.4) is 0 Å². The van der Waals surface area contributed by atoms with Crippen LogP contribution in [0.2, 0.25) is 0 Å². The minimum Gasteiger partial charge on any atom is -0.354 e. The number of nitrogens with two attached hydrogens (primary N) is 1. The van der Waals surface area contributed by atoms with E-state index < -0.39 is 0 Å². The molecule has 1 saturated heterocycles. The Morgan fingerprint density at radius 1 is 1.14 bits per heavy atom. The summed E-state index contributed by atoms with van der Waals surface area (Å²) in [6.07, 6.45) is 5.16. The summed E-state index contributed by atoms with van der Waals surface area (Å²) < 4.78 is 0. The number of hydrogen-bond donors (Lipinski definition) is 4. The molecule has 5 N–H and O–H groups in total. The van der Waals surface area contributed by atoms with E-state index in [0.717, 1.165) is 32.1 Å². The highest BCUT2D eigenvalue weighted by Crippen LogP contribution is 2.22. The Bertz CT molecular complexity index is 720. The molecule has 2 aliphatic rings. The number of nitrogens with one attached hydrogen (secondary N) is 3. The number of carbonyl (C=O) groups excluding carboxylic acids is 3. The summed E-state index contributed by atoms with van der Waals surface area (Å²) in [4.78, 5) is 38.6. The van der Waals surface area contributed by atoms with Gasteiger partial charge in [-0.3, -0.25) is 9.59 Å². The van der Waals surface area contributed by atoms with Crippen LogP contribution in [0.1, 0.15) is 48.9 Å². The Morgan fingerprint density at radius 3 is 2.71 bits per heavy atom. The first-order valence-electron chi connectivity index (χ1n) is 10.0. The summed E-state index contributed by atoms with van der Waals surface area (Å²) in [5.74, 6) is -0.169. The smallest absolute Gasteiger partial charge is 0.319 e. The molecule has 0 spiro atoms. The zero-order chi connectivity index (χ0) is 19.9. The van der Waals surface area contributed by atoms with Crippen LogP contribution in [0, 0.1) is 0 Å². The Hall–Kier alpha value is -2.61. The minimum absolute atomic E-state index is 0.0299. The van der Waals surface area contributed by atoms with Crippen molar-refractivity contribution in [1.29, 1.82) is 0 Å². The van der Waals surface area contributed by atoms with Crippen molar-refractivity contribution >= 4 is 23.5 Å². The van der Waals surface area contributed by atoms with Gasteiger partial charge in [0.25, 0.3) is 5.91 Å². The maximum absolute atomic E-state index is 13.1. The Balaban J connectivity index is 1.62. The summed E-state index contributed by atoms with van der Waals surface area (Å²) in [7, 11) is 0. The van der Waals surface area contributed by atoms with Gasteiger partial charge in [0.2, 0.25) is 5.91 Å². The van der Waals surface area contributed by atoms with Gasteiger partial charge in [0.1, 0.15) is 0 Å². The van der Waals surface area contributed by atoms with Crippen molar-refractivity contribution in [2.75, 3.05) is 25.0 Å². The van der Waals surface area contributed by atoms with E-state index in [1.54, 1.807) is 24.3 Å². The second-order valence-electron chi connectivity index (χ2n) is 7.44. The first kappa shape index (κ1) is 20.1. The monoisotopic (exact) mass is 387 g/mol. The molecule has 1 atom stereocenters. The minimum atomic E-state index is -0.245. The van der Waals surface area contributed by atoms with E-state index in [-0.39, 0.29) is 36.3 Å². The zero-order valence-electron chi connectivity index (χ0n) is 16.1. The van der Waals surface area contributed by atoms with E-state index in [1.807, 2.05) is 4.90 Å². The molecule has 1 aliphatic heterocycles. The van der Waals surface area contributed by atoms with E-state index in [0.29, 0.717) is 30.9 Å². The first-order chi connectivity index (χ1) is 13.6. The number of benzene rings is 1. The molecule has 8 nitrogen and oxygen atoms in total. The summed E-state index contributed by atoms with van der Waals surface area (Å²) in [6.45, 7) is 1.41. The molecule has 1 unspecified atom stereocenters. The van der Waals surface area contributed by atoms with Gasteiger partial charge in [0.05, 0.1) is 0 Å². The fourth-order valence-corrected chi connectivity index (χ4v) is 3.41. The Morgan fingerprint density at radius 2 is 1.96 bits per heavy atom. The molecule has 152 valence electrons. The molecule has 8 heteroatoms. The lowest BCUT2D eigenvalue weighted by molar-refractivity contribution is -0.121. The molecule has 28 heavy (non-hydrogen) atoms. The van der Waals surface area contributed by atoms with Crippen LogP contribution >= 0.6 is 0 Å². The zero-order valence-corrected chi connectivity index (χ0v) is 16.1. The van der Waals surface area contributed by atoms with Crippen molar-refractivity contribution in [3.63, 3.8) is 0 Å². The van der Waals surface area contributed by atoms with Crippen molar-refractivity contribution < 1.29 is 14.4 Å². The van der Waals surface area contributed by atoms with Crippen LogP contribution in [-0.2, 0) is 4.79 Å². The maximum Gasteiger partial charge on any atom is 0.319 e. The van der Waals surface area contributed by atoms with E-state index in [2.05, 4.69) is 16.0 Å². The molecule has 0 bridgehead atoms. The predicted octanol–water partition coefficient (Wildman–Crippen LogP) is 1.43. The fraction of sp³-hybridized carbons (Fsp3) is 0.550. The number of nitrogens with zero attached hydrogens (tertiary/aromatic N) is 1. The average Bonchev–Trinajstić information content (AvgIpc) is 3.50. The van der Waals surface area contributed by atoms with Crippen molar-refractivity contribution in [3.8, 4) is 0 Å². The third kappa shape index (κ3) is 5.69. The van der Waals surface area contributed by atoms with Crippen LogP contribution in [0.15, 0.2) is 24.3 Å². The van der Waals surface area contributed by atoms with E-state index in [9.17, 15) is 14.4 Å². The number of likely N-dealkylation sites (tertiary alicyclic amines) is 1. The third-order valence-electron chi connectivity index (χ3n) is 5.07. The second-order valence-corrected chi connectivity index (χ2v) is 7.44. The standard InChI is InChI=1S/C20H29N5O3/c21-10-9-18(26)22-13-17-6-1-2-11-25(17)19(27)14-4-3-5-16(12-14)24-20(28)23-15-7-8-15/h3-5,12,15,17H,1-2,6-11,13,21H2,(H,22,26)(H2,23,24,28). The van der Waals surface area contributed by atoms with Crippen molar-refractivity contribution in [2.45, 2.75) is 50.6 Å². The van der Waals surface area contributed by atoms with Crippen molar-refractivity contribution in [2.24, 2.45) is 5.73 Å². The predicted molar refractivity (Wildman–Crippen MR) is 107 cm³/mol. The van der Waals surface area contributed by atoms with Gasteiger partial charge >= 0.3 is 6.03 Å². The number of hydrogen-bond acceptors (Lipinski definition) is 4. The van der Waals surface area contributed by atoms with Crippen LogP contribution < -0.4 is 21.7 Å². The van der Waals surface area contributed by atoms with E-state index >= 15 is 0 Å².